The maximum Gasteiger partial charge on any atom is 0.234 e. The van der Waals surface area contributed by atoms with Crippen molar-refractivity contribution >= 4 is 28.6 Å². The molecule has 1 aliphatic heterocycles. The van der Waals surface area contributed by atoms with Crippen molar-refractivity contribution in [2.45, 2.75) is 12.8 Å². The average Bonchev–Trinajstić information content (AvgIpc) is 3.10. The number of rotatable bonds is 2. The van der Waals surface area contributed by atoms with Gasteiger partial charge in [0.15, 0.2) is 5.58 Å². The van der Waals surface area contributed by atoms with Crippen molar-refractivity contribution in [2.24, 2.45) is 0 Å². The average molecular weight is 308 g/mol. The Morgan fingerprint density at radius 1 is 1.04 bits per heavy atom. The number of anilines is 1. The van der Waals surface area contributed by atoms with Gasteiger partial charge in [-0.15, -0.1) is 0 Å². The first-order valence-corrected chi connectivity index (χ1v) is 7.18. The van der Waals surface area contributed by atoms with E-state index in [2.05, 4.69) is 4.98 Å². The summed E-state index contributed by atoms with van der Waals surface area (Å²) < 4.78 is 5.62. The molecule has 0 spiro atoms. The van der Waals surface area contributed by atoms with Gasteiger partial charge in [-0.05, 0) is 24.3 Å². The number of aromatic nitrogens is 1. The van der Waals surface area contributed by atoms with E-state index in [1.54, 1.807) is 18.2 Å². The summed E-state index contributed by atoms with van der Waals surface area (Å²) >= 11 is 0. The second-order valence-electron chi connectivity index (χ2n) is 5.31. The van der Waals surface area contributed by atoms with Crippen LogP contribution in [0.3, 0.4) is 0 Å². The zero-order chi connectivity index (χ0) is 16.0. The Morgan fingerprint density at radius 3 is 2.48 bits per heavy atom. The maximum absolute atomic E-state index is 11.8. The zero-order valence-corrected chi connectivity index (χ0v) is 12.0. The number of imide groups is 1. The molecule has 0 radical (unpaired) electrons. The Labute approximate surface area is 131 Å². The molecule has 23 heavy (non-hydrogen) atoms. The normalized spacial score (nSPS) is 14.9. The van der Waals surface area contributed by atoms with Crippen molar-refractivity contribution in [3.63, 3.8) is 0 Å². The Hall–Kier alpha value is -3.15. The predicted molar refractivity (Wildman–Crippen MR) is 82.8 cm³/mol. The Bertz CT molecular complexity index is 896. The van der Waals surface area contributed by atoms with Gasteiger partial charge in [0.2, 0.25) is 17.7 Å². The molecule has 2 heterocycles. The Morgan fingerprint density at radius 2 is 1.78 bits per heavy atom. The highest BCUT2D eigenvalue weighted by Crippen LogP contribution is 2.35. The zero-order valence-electron chi connectivity index (χ0n) is 12.0. The van der Waals surface area contributed by atoms with E-state index in [1.165, 1.54) is 6.07 Å². The number of fused-ring (bicyclic) bond motifs is 1. The van der Waals surface area contributed by atoms with E-state index < -0.39 is 0 Å². The fourth-order valence-corrected chi connectivity index (χ4v) is 2.69. The van der Waals surface area contributed by atoms with Crippen LogP contribution in [0.4, 0.5) is 5.69 Å². The van der Waals surface area contributed by atoms with Crippen LogP contribution in [0, 0.1) is 0 Å². The number of hydrogen-bond acceptors (Lipinski definition) is 5. The molecule has 6 nitrogen and oxygen atoms in total. The van der Waals surface area contributed by atoms with Crippen molar-refractivity contribution in [2.75, 3.05) is 4.90 Å². The number of nitrogens with zero attached hydrogens (tertiary/aromatic N) is 2. The number of phenolic OH excluding ortho intramolecular Hbond substituents is 1. The molecule has 1 aliphatic rings. The molecule has 6 heteroatoms. The van der Waals surface area contributed by atoms with Crippen molar-refractivity contribution < 1.29 is 19.1 Å². The molecule has 0 unspecified atom stereocenters. The molecular weight excluding hydrogens is 296 g/mol. The summed E-state index contributed by atoms with van der Waals surface area (Å²) in [4.78, 5) is 28.9. The van der Waals surface area contributed by atoms with Crippen LogP contribution in [0.5, 0.6) is 5.75 Å². The van der Waals surface area contributed by atoms with Gasteiger partial charge >= 0.3 is 0 Å². The molecular formula is C17H12N2O4. The largest absolute Gasteiger partial charge is 0.507 e. The summed E-state index contributed by atoms with van der Waals surface area (Å²) in [5.74, 6) is -0.330. The molecule has 2 amide bonds. The number of aromatic hydroxyl groups is 1. The van der Waals surface area contributed by atoms with Crippen LogP contribution in [-0.2, 0) is 9.59 Å². The minimum Gasteiger partial charge on any atom is -0.507 e. The van der Waals surface area contributed by atoms with Crippen LogP contribution >= 0.6 is 0 Å². The molecule has 3 aromatic rings. The second kappa shape index (κ2) is 4.95. The van der Waals surface area contributed by atoms with Gasteiger partial charge in [-0.1, -0.05) is 12.1 Å². The molecule has 1 N–H and O–H groups in total. The second-order valence-corrected chi connectivity index (χ2v) is 5.31. The highest BCUT2D eigenvalue weighted by Gasteiger charge is 2.30. The SMILES string of the molecule is O=C1CCC(=O)N1c1ccc(-c2nc3ccccc3o2)c(O)c1. The third kappa shape index (κ3) is 2.15. The first kappa shape index (κ1) is 13.5. The van der Waals surface area contributed by atoms with Crippen molar-refractivity contribution in [1.82, 2.24) is 4.98 Å². The molecule has 0 saturated carbocycles. The number of benzene rings is 2. The van der Waals surface area contributed by atoms with Crippen molar-refractivity contribution in [3.05, 3.63) is 42.5 Å². The predicted octanol–water partition coefficient (Wildman–Crippen LogP) is 2.85. The van der Waals surface area contributed by atoms with Crippen LogP contribution in [0.2, 0.25) is 0 Å². The van der Waals surface area contributed by atoms with Crippen LogP contribution < -0.4 is 4.90 Å². The Balaban J connectivity index is 1.76. The lowest BCUT2D eigenvalue weighted by molar-refractivity contribution is -0.121. The standard InChI is InChI=1S/C17H12N2O4/c20-13-9-10(19-15(21)7-8-16(19)22)5-6-11(13)17-18-12-3-1-2-4-14(12)23-17/h1-6,9,20H,7-8H2. The molecule has 1 saturated heterocycles. The number of carbonyl (C=O) groups is 2. The third-order valence-electron chi connectivity index (χ3n) is 3.82. The minimum atomic E-state index is -0.260. The van der Waals surface area contributed by atoms with Crippen molar-refractivity contribution in [1.29, 1.82) is 0 Å². The molecule has 1 aromatic heterocycles. The summed E-state index contributed by atoms with van der Waals surface area (Å²) in [6.45, 7) is 0. The highest BCUT2D eigenvalue weighted by atomic mass is 16.3. The molecule has 0 bridgehead atoms. The van der Waals surface area contributed by atoms with Gasteiger partial charge < -0.3 is 9.52 Å². The fraction of sp³-hybridized carbons (Fsp3) is 0.118. The summed E-state index contributed by atoms with van der Waals surface area (Å²) in [6, 6.07) is 11.9. The molecule has 2 aromatic carbocycles. The van der Waals surface area contributed by atoms with Crippen LogP contribution in [0.15, 0.2) is 46.9 Å². The quantitative estimate of drug-likeness (QED) is 0.736. The summed E-state index contributed by atoms with van der Waals surface area (Å²) in [5.41, 5.74) is 2.07. The van der Waals surface area contributed by atoms with Gasteiger partial charge in [0.1, 0.15) is 11.3 Å². The lowest BCUT2D eigenvalue weighted by atomic mass is 10.1. The number of phenols is 1. The summed E-state index contributed by atoms with van der Waals surface area (Å²) in [7, 11) is 0. The smallest absolute Gasteiger partial charge is 0.234 e. The highest BCUT2D eigenvalue weighted by molar-refractivity contribution is 6.19. The van der Waals surface area contributed by atoms with E-state index in [9.17, 15) is 14.7 Å². The van der Waals surface area contributed by atoms with Crippen molar-refractivity contribution in [3.8, 4) is 17.2 Å². The fourth-order valence-electron chi connectivity index (χ4n) is 2.69. The van der Waals surface area contributed by atoms with E-state index >= 15 is 0 Å². The van der Waals surface area contributed by atoms with E-state index in [4.69, 9.17) is 4.42 Å². The van der Waals surface area contributed by atoms with E-state index in [0.717, 1.165) is 4.90 Å². The molecule has 0 atom stereocenters. The maximum atomic E-state index is 11.8. The van der Waals surface area contributed by atoms with Gasteiger partial charge in [-0.2, -0.15) is 0 Å². The topological polar surface area (TPSA) is 83.6 Å². The molecule has 1 fully saturated rings. The summed E-state index contributed by atoms with van der Waals surface area (Å²) in [5, 5.41) is 10.3. The lowest BCUT2D eigenvalue weighted by Gasteiger charge is -2.14. The van der Waals surface area contributed by atoms with Crippen LogP contribution in [0.1, 0.15) is 12.8 Å². The molecule has 114 valence electrons. The van der Waals surface area contributed by atoms with Gasteiger partial charge in [0.05, 0.1) is 11.3 Å². The van der Waals surface area contributed by atoms with Crippen LogP contribution in [-0.4, -0.2) is 21.9 Å². The first-order chi connectivity index (χ1) is 11.1. The van der Waals surface area contributed by atoms with Gasteiger partial charge in [-0.25, -0.2) is 4.98 Å². The third-order valence-corrected chi connectivity index (χ3v) is 3.82. The van der Waals surface area contributed by atoms with Crippen LogP contribution in [0.25, 0.3) is 22.6 Å². The number of amides is 2. The minimum absolute atomic E-state index is 0.0958. The number of hydrogen-bond donors (Lipinski definition) is 1. The lowest BCUT2D eigenvalue weighted by Crippen LogP contribution is -2.28. The van der Waals surface area contributed by atoms with Gasteiger partial charge in [0.25, 0.3) is 0 Å². The number of para-hydroxylation sites is 2. The van der Waals surface area contributed by atoms with E-state index in [0.29, 0.717) is 22.4 Å². The van der Waals surface area contributed by atoms with E-state index in [-0.39, 0.29) is 36.3 Å². The first-order valence-electron chi connectivity index (χ1n) is 7.18. The molecule has 4 rings (SSSR count). The van der Waals surface area contributed by atoms with Gasteiger partial charge in [0, 0.05) is 18.9 Å². The molecule has 0 aliphatic carbocycles. The Kier molecular flexibility index (Phi) is 2.90. The van der Waals surface area contributed by atoms with E-state index in [1.807, 2.05) is 18.2 Å². The number of carbonyl (C=O) groups excluding carboxylic acids is 2. The number of oxazole rings is 1. The van der Waals surface area contributed by atoms with Gasteiger partial charge in [-0.3, -0.25) is 14.5 Å². The monoisotopic (exact) mass is 308 g/mol. The summed E-state index contributed by atoms with van der Waals surface area (Å²) in [6.07, 6.45) is 0.402.